The van der Waals surface area contributed by atoms with Gasteiger partial charge in [-0.2, -0.15) is 0 Å². The summed E-state index contributed by atoms with van der Waals surface area (Å²) >= 11 is 0. The van der Waals surface area contributed by atoms with E-state index < -0.39 is 17.6 Å². The number of hydrogen-bond donors (Lipinski definition) is 1. The fraction of sp³-hybridized carbons (Fsp3) is 0.348. The zero-order valence-electron chi connectivity index (χ0n) is 17.1. The zero-order valence-corrected chi connectivity index (χ0v) is 17.1. The van der Waals surface area contributed by atoms with E-state index >= 15 is 0 Å². The number of aliphatic carboxylic acids is 1. The number of carboxylic acid groups (broad SMARTS) is 1. The van der Waals surface area contributed by atoms with Crippen molar-refractivity contribution >= 4 is 17.6 Å². The predicted molar refractivity (Wildman–Crippen MR) is 111 cm³/mol. The molecule has 1 amide bonds. The Bertz CT molecular complexity index is 1020. The number of halogens is 1. The summed E-state index contributed by atoms with van der Waals surface area (Å²) in [6.45, 7) is 0.348. The number of oxime groups is 1. The van der Waals surface area contributed by atoms with Crippen LogP contribution < -0.4 is 4.74 Å². The van der Waals surface area contributed by atoms with Gasteiger partial charge in [0.1, 0.15) is 23.2 Å². The fourth-order valence-electron chi connectivity index (χ4n) is 4.34. The van der Waals surface area contributed by atoms with Crippen molar-refractivity contribution in [3.63, 3.8) is 0 Å². The van der Waals surface area contributed by atoms with Gasteiger partial charge in [0.05, 0.1) is 12.8 Å². The van der Waals surface area contributed by atoms with Crippen molar-refractivity contribution in [3.8, 4) is 5.75 Å². The summed E-state index contributed by atoms with van der Waals surface area (Å²) in [7, 11) is 1.51. The molecule has 1 N–H and O–H groups in total. The number of rotatable bonds is 6. The minimum absolute atomic E-state index is 0.117. The number of ether oxygens (including phenoxy) is 1. The molecule has 1 saturated heterocycles. The summed E-state index contributed by atoms with van der Waals surface area (Å²) < 4.78 is 18.4. The maximum atomic E-state index is 13.2. The van der Waals surface area contributed by atoms with Crippen LogP contribution in [0.3, 0.4) is 0 Å². The van der Waals surface area contributed by atoms with Crippen LogP contribution in [0, 0.1) is 5.82 Å². The van der Waals surface area contributed by atoms with Gasteiger partial charge >= 0.3 is 5.97 Å². The van der Waals surface area contributed by atoms with Crippen LogP contribution in [-0.2, 0) is 9.63 Å². The van der Waals surface area contributed by atoms with Crippen molar-refractivity contribution in [3.05, 3.63) is 65.5 Å². The van der Waals surface area contributed by atoms with Crippen LogP contribution in [0.2, 0.25) is 0 Å². The van der Waals surface area contributed by atoms with E-state index in [1.165, 1.54) is 24.1 Å². The lowest BCUT2D eigenvalue weighted by atomic mass is 9.86. The first kappa shape index (κ1) is 20.8. The molecule has 0 radical (unpaired) electrons. The molecule has 0 aromatic heterocycles. The van der Waals surface area contributed by atoms with Crippen molar-refractivity contribution < 1.29 is 28.7 Å². The second kappa shape index (κ2) is 8.37. The van der Waals surface area contributed by atoms with E-state index in [0.717, 1.165) is 5.56 Å². The monoisotopic (exact) mass is 426 g/mol. The summed E-state index contributed by atoms with van der Waals surface area (Å²) in [5.41, 5.74) is 0.360. The second-order valence-corrected chi connectivity index (χ2v) is 7.81. The minimum Gasteiger partial charge on any atom is -0.497 e. The molecule has 7 nitrogen and oxygen atoms in total. The Kier molecular flexibility index (Phi) is 5.63. The molecule has 2 atom stereocenters. The Morgan fingerprint density at radius 2 is 2.06 bits per heavy atom. The van der Waals surface area contributed by atoms with Gasteiger partial charge in [-0.15, -0.1) is 0 Å². The van der Waals surface area contributed by atoms with Gasteiger partial charge in [0.2, 0.25) is 0 Å². The van der Waals surface area contributed by atoms with Gasteiger partial charge in [0.15, 0.2) is 0 Å². The third-order valence-electron chi connectivity index (χ3n) is 5.92. The molecule has 4 rings (SSSR count). The molecule has 2 heterocycles. The SMILES string of the molecule is COc1cccc(C(=O)N2CCC[C@@]2(C[C@@H]2CC(c3ccc(F)cc3)=NO2)C(=O)O)c1. The molecule has 2 aliphatic heterocycles. The van der Waals surface area contributed by atoms with Crippen LogP contribution in [0.5, 0.6) is 5.75 Å². The lowest BCUT2D eigenvalue weighted by Gasteiger charge is -2.36. The molecule has 2 aliphatic rings. The van der Waals surface area contributed by atoms with Gasteiger partial charge in [-0.05, 0) is 48.7 Å². The average molecular weight is 426 g/mol. The quantitative estimate of drug-likeness (QED) is 0.764. The van der Waals surface area contributed by atoms with E-state index in [1.807, 2.05) is 0 Å². The molecule has 8 heteroatoms. The van der Waals surface area contributed by atoms with Crippen molar-refractivity contribution in [1.29, 1.82) is 0 Å². The van der Waals surface area contributed by atoms with Crippen molar-refractivity contribution in [2.45, 2.75) is 37.3 Å². The molecule has 162 valence electrons. The maximum Gasteiger partial charge on any atom is 0.329 e. The van der Waals surface area contributed by atoms with Gasteiger partial charge in [-0.1, -0.05) is 23.4 Å². The van der Waals surface area contributed by atoms with Crippen LogP contribution in [0.15, 0.2) is 53.7 Å². The van der Waals surface area contributed by atoms with E-state index in [-0.39, 0.29) is 18.1 Å². The Morgan fingerprint density at radius 1 is 1.29 bits per heavy atom. The molecule has 0 spiro atoms. The first-order chi connectivity index (χ1) is 14.9. The van der Waals surface area contributed by atoms with Gasteiger partial charge < -0.3 is 19.6 Å². The second-order valence-electron chi connectivity index (χ2n) is 7.81. The molecule has 0 aliphatic carbocycles. The Morgan fingerprint density at radius 3 is 2.77 bits per heavy atom. The zero-order chi connectivity index (χ0) is 22.0. The number of amides is 1. The third kappa shape index (κ3) is 3.97. The fourth-order valence-corrected chi connectivity index (χ4v) is 4.34. The van der Waals surface area contributed by atoms with Crippen LogP contribution >= 0.6 is 0 Å². The number of carbonyl (C=O) groups is 2. The number of hydrogen-bond acceptors (Lipinski definition) is 5. The Balaban J connectivity index is 1.53. The van der Waals surface area contributed by atoms with Crippen molar-refractivity contribution in [2.75, 3.05) is 13.7 Å². The first-order valence-electron chi connectivity index (χ1n) is 10.1. The highest BCUT2D eigenvalue weighted by atomic mass is 19.1. The van der Waals surface area contributed by atoms with E-state index in [1.54, 1.807) is 36.4 Å². The van der Waals surface area contributed by atoms with Crippen LogP contribution in [0.25, 0.3) is 0 Å². The summed E-state index contributed by atoms with van der Waals surface area (Å²) in [5, 5.41) is 14.2. The number of likely N-dealkylation sites (tertiary alicyclic amines) is 1. The van der Waals surface area contributed by atoms with E-state index in [0.29, 0.717) is 42.8 Å². The molecule has 0 unspecified atom stereocenters. The first-order valence-corrected chi connectivity index (χ1v) is 10.1. The smallest absolute Gasteiger partial charge is 0.329 e. The molecule has 2 aromatic carbocycles. The van der Waals surface area contributed by atoms with Crippen molar-refractivity contribution in [1.82, 2.24) is 4.90 Å². The minimum atomic E-state index is -1.38. The van der Waals surface area contributed by atoms with Crippen LogP contribution in [-0.4, -0.2) is 52.9 Å². The molecule has 1 fully saturated rings. The maximum absolute atomic E-state index is 13.2. The average Bonchev–Trinajstić information content (AvgIpc) is 3.42. The predicted octanol–water partition coefficient (Wildman–Crippen LogP) is 3.48. The number of nitrogens with zero attached hydrogens (tertiary/aromatic N) is 2. The highest BCUT2D eigenvalue weighted by Gasteiger charge is 2.52. The Hall–Kier alpha value is -3.42. The normalized spacial score (nSPS) is 22.7. The van der Waals surface area contributed by atoms with Gasteiger partial charge in [0.25, 0.3) is 5.91 Å². The largest absolute Gasteiger partial charge is 0.497 e. The van der Waals surface area contributed by atoms with Crippen LogP contribution in [0.4, 0.5) is 4.39 Å². The van der Waals surface area contributed by atoms with E-state index in [2.05, 4.69) is 5.16 Å². The summed E-state index contributed by atoms with van der Waals surface area (Å²) in [5.74, 6) is -1.22. The Labute approximate surface area is 179 Å². The van der Waals surface area contributed by atoms with Gasteiger partial charge in [-0.3, -0.25) is 4.79 Å². The molecule has 2 aromatic rings. The molecule has 0 bridgehead atoms. The lowest BCUT2D eigenvalue weighted by molar-refractivity contribution is -0.150. The van der Waals surface area contributed by atoms with E-state index in [4.69, 9.17) is 9.57 Å². The van der Waals surface area contributed by atoms with Crippen molar-refractivity contribution in [2.24, 2.45) is 5.16 Å². The number of carboxylic acids is 1. The molecule has 0 saturated carbocycles. The standard InChI is InChI=1S/C23H23FN2O5/c1-30-18-5-2-4-16(12-18)21(27)26-11-3-10-23(26,22(28)29)14-19-13-20(25-31-19)15-6-8-17(24)9-7-15/h2,4-9,12,19H,3,10-11,13-14H2,1H3,(H,28,29)/t19-,23+/m0/s1. The van der Waals surface area contributed by atoms with Crippen LogP contribution in [0.1, 0.15) is 41.6 Å². The summed E-state index contributed by atoms with van der Waals surface area (Å²) in [4.78, 5) is 32.6. The highest BCUT2D eigenvalue weighted by Crippen LogP contribution is 2.38. The van der Waals surface area contributed by atoms with E-state index in [9.17, 15) is 19.1 Å². The third-order valence-corrected chi connectivity index (χ3v) is 5.92. The lowest BCUT2D eigenvalue weighted by Crippen LogP contribution is -2.54. The molecular weight excluding hydrogens is 403 g/mol. The number of carbonyl (C=O) groups excluding carboxylic acids is 1. The molecular formula is C23H23FN2O5. The summed E-state index contributed by atoms with van der Waals surface area (Å²) in [6, 6.07) is 12.6. The topological polar surface area (TPSA) is 88.4 Å². The molecule has 31 heavy (non-hydrogen) atoms. The highest BCUT2D eigenvalue weighted by molar-refractivity contribution is 6.01. The van der Waals surface area contributed by atoms with Gasteiger partial charge in [0, 0.05) is 24.9 Å². The summed E-state index contributed by atoms with van der Waals surface area (Å²) in [6.07, 6.45) is 0.938. The number of methoxy groups -OCH3 is 1. The number of benzene rings is 2. The van der Waals surface area contributed by atoms with Gasteiger partial charge in [-0.25, -0.2) is 9.18 Å².